The molecule has 1 aromatic heterocycles. The number of nitrogens with one attached hydrogen (secondary N) is 2. The summed E-state index contributed by atoms with van der Waals surface area (Å²) in [4.78, 5) is 14.3. The lowest BCUT2D eigenvalue weighted by Crippen LogP contribution is -2.55. The first-order valence-corrected chi connectivity index (χ1v) is 10.5. The maximum Gasteiger partial charge on any atom is 0.419 e. The van der Waals surface area contributed by atoms with Gasteiger partial charge in [0.1, 0.15) is 5.75 Å². The number of rotatable bonds is 3. The van der Waals surface area contributed by atoms with Crippen molar-refractivity contribution < 1.29 is 23.4 Å². The predicted molar refractivity (Wildman–Crippen MR) is 117 cm³/mol. The Labute approximate surface area is 186 Å². The van der Waals surface area contributed by atoms with E-state index in [9.17, 15) is 28.2 Å². The molecule has 0 radical (unpaired) electrons. The van der Waals surface area contributed by atoms with Crippen molar-refractivity contribution in [3.63, 3.8) is 0 Å². The molecule has 3 atom stereocenters. The molecule has 5 nitrogen and oxygen atoms in total. The van der Waals surface area contributed by atoms with E-state index in [0.29, 0.717) is 34.1 Å². The van der Waals surface area contributed by atoms with Crippen molar-refractivity contribution in [3.8, 4) is 5.75 Å². The smallest absolute Gasteiger partial charge is 0.419 e. The van der Waals surface area contributed by atoms with Gasteiger partial charge in [-0.25, -0.2) is 0 Å². The largest absolute Gasteiger partial charge is 0.507 e. The van der Waals surface area contributed by atoms with Gasteiger partial charge in [-0.1, -0.05) is 24.6 Å². The highest BCUT2D eigenvalue weighted by molar-refractivity contribution is 6.31. The fourth-order valence-corrected chi connectivity index (χ4v) is 4.80. The topological polar surface area (TPSA) is 85.4 Å². The van der Waals surface area contributed by atoms with Crippen LogP contribution in [0.5, 0.6) is 5.75 Å². The third-order valence-corrected chi connectivity index (χ3v) is 6.76. The molecule has 2 unspecified atom stereocenters. The molecule has 0 aliphatic heterocycles. The Morgan fingerprint density at radius 2 is 2.00 bits per heavy atom. The van der Waals surface area contributed by atoms with Crippen LogP contribution in [0.4, 0.5) is 18.9 Å². The van der Waals surface area contributed by atoms with E-state index in [4.69, 9.17) is 11.6 Å². The molecule has 170 valence electrons. The Kier molecular flexibility index (Phi) is 5.41. The van der Waals surface area contributed by atoms with Crippen molar-refractivity contribution in [2.24, 2.45) is 0 Å². The molecule has 2 aromatic carbocycles. The van der Waals surface area contributed by atoms with Crippen molar-refractivity contribution in [1.82, 2.24) is 4.98 Å². The van der Waals surface area contributed by atoms with Crippen LogP contribution in [0.25, 0.3) is 10.9 Å². The van der Waals surface area contributed by atoms with Crippen molar-refractivity contribution in [3.05, 3.63) is 68.5 Å². The van der Waals surface area contributed by atoms with Gasteiger partial charge in [-0.15, -0.1) is 0 Å². The zero-order valence-electron chi connectivity index (χ0n) is 17.3. The van der Waals surface area contributed by atoms with E-state index < -0.39 is 30.2 Å². The first-order valence-electron chi connectivity index (χ1n) is 10.2. The van der Waals surface area contributed by atoms with Crippen LogP contribution in [-0.2, 0) is 0 Å². The van der Waals surface area contributed by atoms with Gasteiger partial charge in [-0.3, -0.25) is 4.79 Å². The summed E-state index contributed by atoms with van der Waals surface area (Å²) in [7, 11) is 0. The SMILES string of the molecule is CCC1C[C@](O)(C(F)(F)F)C(Nc2cccc3[nH]c(=O)ccc23)c2cc(Cl)c(C)c(O)c21. The van der Waals surface area contributed by atoms with Crippen molar-refractivity contribution in [2.45, 2.75) is 50.4 Å². The molecule has 0 amide bonds. The van der Waals surface area contributed by atoms with E-state index in [-0.39, 0.29) is 21.9 Å². The number of anilines is 1. The second-order valence-corrected chi connectivity index (χ2v) is 8.64. The average molecular weight is 467 g/mol. The standard InChI is InChI=1S/C23H22ClF3N2O3/c1-3-12-10-22(32,23(25,26)27)21(14-9-15(24)11(2)20(31)19(12)14)29-17-6-4-5-16-13(17)7-8-18(30)28-16/h4-9,12,21,29,31-32H,3,10H2,1-2H3,(H,28,30)/t12?,21?,22-/m1/s1. The molecule has 1 aliphatic carbocycles. The Hall–Kier alpha value is -2.71. The second-order valence-electron chi connectivity index (χ2n) is 8.23. The highest BCUT2D eigenvalue weighted by Crippen LogP contribution is 2.56. The number of fused-ring (bicyclic) bond motifs is 2. The van der Waals surface area contributed by atoms with Gasteiger partial charge in [0, 0.05) is 33.3 Å². The first kappa shape index (κ1) is 22.5. The van der Waals surface area contributed by atoms with E-state index in [2.05, 4.69) is 10.3 Å². The minimum absolute atomic E-state index is 0.0949. The number of halogens is 4. The summed E-state index contributed by atoms with van der Waals surface area (Å²) in [6.45, 7) is 3.31. The van der Waals surface area contributed by atoms with Crippen LogP contribution in [0.15, 0.2) is 41.2 Å². The molecule has 1 aliphatic rings. The molecule has 0 spiro atoms. The fourth-order valence-electron chi connectivity index (χ4n) is 4.59. The van der Waals surface area contributed by atoms with Gasteiger partial charge < -0.3 is 20.5 Å². The molecular weight excluding hydrogens is 445 g/mol. The Bertz CT molecular complexity index is 1260. The summed E-state index contributed by atoms with van der Waals surface area (Å²) in [6, 6.07) is 7.31. The number of aromatic amines is 1. The quantitative estimate of drug-likeness (QED) is 0.408. The van der Waals surface area contributed by atoms with Gasteiger partial charge in [-0.05, 0) is 55.5 Å². The van der Waals surface area contributed by atoms with E-state index in [1.165, 1.54) is 18.2 Å². The first-order chi connectivity index (χ1) is 15.0. The van der Waals surface area contributed by atoms with Gasteiger partial charge in [0.2, 0.25) is 5.56 Å². The average Bonchev–Trinajstić information content (AvgIpc) is 2.72. The van der Waals surface area contributed by atoms with E-state index in [1.54, 1.807) is 32.0 Å². The normalized spacial score (nSPS) is 23.2. The zero-order chi connectivity index (χ0) is 23.4. The number of aromatic hydroxyl groups is 1. The number of phenolic OH excluding ortho intramolecular Hbond substituents is 1. The van der Waals surface area contributed by atoms with Gasteiger partial charge in [0.25, 0.3) is 0 Å². The predicted octanol–water partition coefficient (Wildman–Crippen LogP) is 5.54. The van der Waals surface area contributed by atoms with Gasteiger partial charge in [0.15, 0.2) is 5.60 Å². The highest BCUT2D eigenvalue weighted by atomic mass is 35.5. The minimum Gasteiger partial charge on any atom is -0.507 e. The summed E-state index contributed by atoms with van der Waals surface area (Å²) < 4.78 is 42.9. The molecule has 1 heterocycles. The number of benzene rings is 2. The fraction of sp³-hybridized carbons (Fsp3) is 0.348. The third-order valence-electron chi connectivity index (χ3n) is 6.37. The number of pyridine rings is 1. The van der Waals surface area contributed by atoms with Gasteiger partial charge in [0.05, 0.1) is 11.6 Å². The maximum atomic E-state index is 14.3. The molecule has 0 fully saturated rings. The number of hydrogen-bond acceptors (Lipinski definition) is 4. The molecule has 0 bridgehead atoms. The minimum atomic E-state index is -4.96. The van der Waals surface area contributed by atoms with Gasteiger partial charge in [-0.2, -0.15) is 13.2 Å². The summed E-state index contributed by atoms with van der Waals surface area (Å²) >= 11 is 6.24. The molecule has 0 saturated carbocycles. The van der Waals surface area contributed by atoms with Crippen LogP contribution in [0, 0.1) is 6.92 Å². The lowest BCUT2D eigenvalue weighted by Gasteiger charge is -2.46. The number of aliphatic hydroxyl groups is 1. The molecule has 4 rings (SSSR count). The number of hydrogen-bond donors (Lipinski definition) is 4. The Morgan fingerprint density at radius 1 is 1.28 bits per heavy atom. The number of aromatic nitrogens is 1. The third kappa shape index (κ3) is 3.42. The molecule has 0 saturated heterocycles. The number of H-pyrrole nitrogens is 1. The lowest BCUT2D eigenvalue weighted by molar-refractivity contribution is -0.272. The van der Waals surface area contributed by atoms with Crippen LogP contribution in [0.1, 0.15) is 48.4 Å². The van der Waals surface area contributed by atoms with Crippen LogP contribution in [0.3, 0.4) is 0 Å². The summed E-state index contributed by atoms with van der Waals surface area (Å²) in [5, 5.41) is 25.3. The molecule has 9 heteroatoms. The maximum absolute atomic E-state index is 14.3. The highest BCUT2D eigenvalue weighted by Gasteiger charge is 2.62. The number of alkyl halides is 3. The van der Waals surface area contributed by atoms with Crippen LogP contribution >= 0.6 is 11.6 Å². The summed E-state index contributed by atoms with van der Waals surface area (Å²) in [5.74, 6) is -0.868. The molecule has 4 N–H and O–H groups in total. The van der Waals surface area contributed by atoms with Crippen molar-refractivity contribution >= 4 is 28.2 Å². The molecule has 32 heavy (non-hydrogen) atoms. The van der Waals surface area contributed by atoms with Crippen molar-refractivity contribution in [2.75, 3.05) is 5.32 Å². The van der Waals surface area contributed by atoms with Gasteiger partial charge >= 0.3 is 6.18 Å². The van der Waals surface area contributed by atoms with E-state index in [0.717, 1.165) is 0 Å². The molecule has 3 aromatic rings. The van der Waals surface area contributed by atoms with E-state index in [1.807, 2.05) is 0 Å². The van der Waals surface area contributed by atoms with Crippen LogP contribution < -0.4 is 10.9 Å². The van der Waals surface area contributed by atoms with Crippen LogP contribution in [0.2, 0.25) is 5.02 Å². The molecular formula is C23H22ClF3N2O3. The summed E-state index contributed by atoms with van der Waals surface area (Å²) in [5.41, 5.74) is -1.90. The Balaban J connectivity index is 1.97. The lowest BCUT2D eigenvalue weighted by atomic mass is 9.68. The van der Waals surface area contributed by atoms with Crippen LogP contribution in [-0.4, -0.2) is 27.0 Å². The number of phenols is 1. The summed E-state index contributed by atoms with van der Waals surface area (Å²) in [6.07, 6.45) is -5.28. The van der Waals surface area contributed by atoms with Crippen molar-refractivity contribution in [1.29, 1.82) is 0 Å². The second kappa shape index (κ2) is 7.71. The zero-order valence-corrected chi connectivity index (χ0v) is 18.1. The monoisotopic (exact) mass is 466 g/mol. The van der Waals surface area contributed by atoms with E-state index >= 15 is 0 Å². The Morgan fingerprint density at radius 3 is 2.66 bits per heavy atom.